The fraction of sp³-hybridized carbons (Fsp3) is 0. The van der Waals surface area contributed by atoms with E-state index in [2.05, 4.69) is 13.2 Å². The molecule has 20 heavy (non-hydrogen) atoms. The minimum Gasteiger partial charge on any atom is -0.422 e. The molecule has 3 aromatic rings. The van der Waals surface area contributed by atoms with E-state index in [0.717, 1.165) is 12.1 Å². The van der Waals surface area contributed by atoms with Crippen molar-refractivity contribution in [1.82, 2.24) is 9.46 Å². The van der Waals surface area contributed by atoms with Gasteiger partial charge in [-0.25, -0.2) is 0 Å². The van der Waals surface area contributed by atoms with Crippen molar-refractivity contribution in [3.8, 4) is 0 Å². The third kappa shape index (κ3) is 1.41. The van der Waals surface area contributed by atoms with Crippen molar-refractivity contribution < 1.29 is 10.4 Å². The third-order valence-electron chi connectivity index (χ3n) is 2.85. The topological polar surface area (TPSA) is 119 Å². The van der Waals surface area contributed by atoms with Crippen LogP contribution in [0.25, 0.3) is 21.5 Å². The number of aromatic nitrogens is 2. The summed E-state index contributed by atoms with van der Waals surface area (Å²) in [5.41, 5.74) is -3.91. The molecule has 0 saturated heterocycles. The van der Waals surface area contributed by atoms with Crippen molar-refractivity contribution in [1.29, 1.82) is 0 Å². The second kappa shape index (κ2) is 4.19. The average Bonchev–Trinajstić information content (AvgIpc) is 2.82. The van der Waals surface area contributed by atoms with E-state index in [1.807, 2.05) is 0 Å². The maximum absolute atomic E-state index is 11.5. The molecule has 0 unspecified atom stereocenters. The van der Waals surface area contributed by atoms with Crippen molar-refractivity contribution >= 4 is 21.5 Å². The van der Waals surface area contributed by atoms with Gasteiger partial charge in [0.25, 0.3) is 22.2 Å². The lowest BCUT2D eigenvalue weighted by Gasteiger charge is -1.85. The number of nitrogens with zero attached hydrogens (tertiary/aromatic N) is 2. The van der Waals surface area contributed by atoms with Gasteiger partial charge in [0.1, 0.15) is 0 Å². The van der Waals surface area contributed by atoms with E-state index >= 15 is 0 Å². The Labute approximate surface area is 109 Å². The number of rotatable bonds is 0. The van der Waals surface area contributed by atoms with E-state index in [-0.39, 0.29) is 31.0 Å². The van der Waals surface area contributed by atoms with Crippen LogP contribution in [-0.2, 0) is 0 Å². The van der Waals surface area contributed by atoms with Crippen LogP contribution in [0, 0.1) is 0 Å². The van der Waals surface area contributed by atoms with Crippen molar-refractivity contribution in [3.05, 3.63) is 66.7 Å². The predicted octanol–water partition coefficient (Wildman–Crippen LogP) is -0.811. The Balaban J connectivity index is 0.000000704. The van der Waals surface area contributed by atoms with E-state index in [9.17, 15) is 19.2 Å². The summed E-state index contributed by atoms with van der Waals surface area (Å²) in [6.07, 6.45) is 0. The summed E-state index contributed by atoms with van der Waals surface area (Å²) in [7, 11) is 0. The minimum absolute atomic E-state index is 0.0918. The largest absolute Gasteiger partial charge is 0.422 e. The maximum atomic E-state index is 11.5. The monoisotopic (exact) mass is 276 g/mol. The van der Waals surface area contributed by atoms with E-state index in [0.29, 0.717) is 0 Å². The SMILES string of the molecule is C=C.O=c1c2cc3c(=O)n(O)c(=O)c3cc2c(=O)n1O. The van der Waals surface area contributed by atoms with Gasteiger partial charge in [0.05, 0.1) is 21.5 Å². The van der Waals surface area contributed by atoms with Crippen LogP contribution < -0.4 is 22.2 Å². The Kier molecular flexibility index (Phi) is 2.78. The van der Waals surface area contributed by atoms with Crippen LogP contribution in [-0.4, -0.2) is 19.9 Å². The standard InChI is InChI=1S/C10H4N2O6.C2H4/c13-7-3-1-4-6(10(16)12(18)8(4)14)2-5(3)9(15)11(7)17;1-2/h1-2,17-18H;1-2H2. The lowest BCUT2D eigenvalue weighted by Crippen LogP contribution is -2.23. The molecule has 0 spiro atoms. The molecule has 0 aliphatic heterocycles. The van der Waals surface area contributed by atoms with E-state index < -0.39 is 22.2 Å². The van der Waals surface area contributed by atoms with Crippen LogP contribution in [0.5, 0.6) is 0 Å². The lowest BCUT2D eigenvalue weighted by molar-refractivity contribution is 0.171. The first-order valence-electron chi connectivity index (χ1n) is 5.27. The molecule has 1 aromatic carbocycles. The van der Waals surface area contributed by atoms with Gasteiger partial charge in [0.2, 0.25) is 0 Å². The van der Waals surface area contributed by atoms with Crippen molar-refractivity contribution in [3.63, 3.8) is 0 Å². The molecule has 0 fully saturated rings. The summed E-state index contributed by atoms with van der Waals surface area (Å²) in [4.78, 5) is 45.8. The molecule has 0 amide bonds. The van der Waals surface area contributed by atoms with Gasteiger partial charge in [-0.2, -0.15) is 0 Å². The molecule has 102 valence electrons. The van der Waals surface area contributed by atoms with Crippen LogP contribution in [0.15, 0.2) is 44.5 Å². The van der Waals surface area contributed by atoms with Crippen LogP contribution in [0.3, 0.4) is 0 Å². The molecule has 8 heteroatoms. The van der Waals surface area contributed by atoms with Gasteiger partial charge in [-0.1, -0.05) is 0 Å². The zero-order chi connectivity index (χ0) is 15.2. The zero-order valence-corrected chi connectivity index (χ0v) is 9.99. The predicted molar refractivity (Wildman–Crippen MR) is 70.5 cm³/mol. The molecule has 2 aromatic heterocycles. The second-order valence-corrected chi connectivity index (χ2v) is 3.79. The summed E-state index contributed by atoms with van der Waals surface area (Å²) in [5.74, 6) is 0. The molecule has 2 N–H and O–H groups in total. The molecule has 0 saturated carbocycles. The van der Waals surface area contributed by atoms with Crippen LogP contribution >= 0.6 is 0 Å². The van der Waals surface area contributed by atoms with Crippen LogP contribution in [0.1, 0.15) is 0 Å². The van der Waals surface area contributed by atoms with Crippen molar-refractivity contribution in [2.24, 2.45) is 0 Å². The third-order valence-corrected chi connectivity index (χ3v) is 2.85. The smallest absolute Gasteiger partial charge is 0.294 e. The summed E-state index contributed by atoms with van der Waals surface area (Å²) >= 11 is 0. The van der Waals surface area contributed by atoms with E-state index in [1.165, 1.54) is 0 Å². The van der Waals surface area contributed by atoms with Gasteiger partial charge in [-0.05, 0) is 12.1 Å². The van der Waals surface area contributed by atoms with Gasteiger partial charge in [0.15, 0.2) is 0 Å². The first-order chi connectivity index (χ1) is 9.43. The summed E-state index contributed by atoms with van der Waals surface area (Å²) in [5, 5.41) is 17.6. The van der Waals surface area contributed by atoms with Crippen LogP contribution in [0.2, 0.25) is 0 Å². The second-order valence-electron chi connectivity index (χ2n) is 3.79. The molecule has 0 bridgehead atoms. The minimum atomic E-state index is -0.977. The van der Waals surface area contributed by atoms with E-state index in [4.69, 9.17) is 10.4 Å². The van der Waals surface area contributed by atoms with Crippen LogP contribution in [0.4, 0.5) is 0 Å². The van der Waals surface area contributed by atoms with Gasteiger partial charge >= 0.3 is 0 Å². The highest BCUT2D eigenvalue weighted by Crippen LogP contribution is 2.13. The highest BCUT2D eigenvalue weighted by Gasteiger charge is 2.18. The number of hydrogen-bond donors (Lipinski definition) is 2. The average molecular weight is 276 g/mol. The first-order valence-corrected chi connectivity index (χ1v) is 5.27. The molecular formula is C12H8N2O6. The highest BCUT2D eigenvalue weighted by atomic mass is 16.5. The maximum Gasteiger partial charge on any atom is 0.294 e. The number of benzene rings is 1. The van der Waals surface area contributed by atoms with Gasteiger partial charge in [-0.15, -0.1) is 22.6 Å². The molecule has 0 aliphatic rings. The Bertz CT molecular complexity index is 874. The normalized spacial score (nSPS) is 10.6. The highest BCUT2D eigenvalue weighted by molar-refractivity contribution is 5.97. The molecule has 8 nitrogen and oxygen atoms in total. The Hall–Kier alpha value is -3.16. The fourth-order valence-electron chi connectivity index (χ4n) is 1.95. The summed E-state index contributed by atoms with van der Waals surface area (Å²) in [6, 6.07) is 2.02. The molecular weight excluding hydrogens is 268 g/mol. The summed E-state index contributed by atoms with van der Waals surface area (Å²) in [6.45, 7) is 6.00. The van der Waals surface area contributed by atoms with E-state index in [1.54, 1.807) is 0 Å². The fourth-order valence-corrected chi connectivity index (χ4v) is 1.95. The quantitative estimate of drug-likeness (QED) is 0.409. The van der Waals surface area contributed by atoms with Gasteiger partial charge in [-0.3, -0.25) is 19.2 Å². The molecule has 3 rings (SSSR count). The molecule has 0 radical (unpaired) electrons. The first kappa shape index (κ1) is 13.3. The lowest BCUT2D eigenvalue weighted by atomic mass is 10.1. The van der Waals surface area contributed by atoms with Gasteiger partial charge < -0.3 is 10.4 Å². The van der Waals surface area contributed by atoms with Crippen molar-refractivity contribution in [2.75, 3.05) is 0 Å². The Morgan fingerprint density at radius 3 is 1.05 bits per heavy atom. The Morgan fingerprint density at radius 1 is 0.650 bits per heavy atom. The molecule has 0 atom stereocenters. The Morgan fingerprint density at radius 2 is 0.850 bits per heavy atom. The summed E-state index contributed by atoms with van der Waals surface area (Å²) < 4.78 is -0.184. The molecule has 2 heterocycles. The van der Waals surface area contributed by atoms with Crippen molar-refractivity contribution in [2.45, 2.75) is 0 Å². The molecule has 0 aliphatic carbocycles. The number of fused-ring (bicyclic) bond motifs is 2. The number of hydrogen-bond acceptors (Lipinski definition) is 6. The zero-order valence-electron chi connectivity index (χ0n) is 9.99. The van der Waals surface area contributed by atoms with Gasteiger partial charge in [0, 0.05) is 0 Å².